The molecule has 1 aliphatic rings. The van der Waals surface area contributed by atoms with Crippen LogP contribution in [0.5, 0.6) is 0 Å². The van der Waals surface area contributed by atoms with Crippen LogP contribution >= 0.6 is 11.3 Å². The van der Waals surface area contributed by atoms with Gasteiger partial charge < -0.3 is 20.0 Å². The maximum absolute atomic E-state index is 12.2. The second-order valence-corrected chi connectivity index (χ2v) is 7.18. The van der Waals surface area contributed by atoms with E-state index < -0.39 is 0 Å². The van der Waals surface area contributed by atoms with E-state index in [0.29, 0.717) is 19.0 Å². The van der Waals surface area contributed by atoms with E-state index in [9.17, 15) is 9.59 Å². The molecule has 2 heterocycles. The van der Waals surface area contributed by atoms with Gasteiger partial charge in [0.15, 0.2) is 5.96 Å². The van der Waals surface area contributed by atoms with Gasteiger partial charge in [0, 0.05) is 38.6 Å². The number of piperazine rings is 1. The monoisotopic (exact) mass is 365 g/mol. The molecule has 8 heteroatoms. The third-order valence-electron chi connectivity index (χ3n) is 4.18. The highest BCUT2D eigenvalue weighted by Crippen LogP contribution is 2.18. The molecule has 1 aromatic rings. The van der Waals surface area contributed by atoms with Gasteiger partial charge in [-0.15, -0.1) is 11.3 Å². The van der Waals surface area contributed by atoms with E-state index in [0.717, 1.165) is 6.54 Å². The Morgan fingerprint density at radius 3 is 2.76 bits per heavy atom. The molecule has 0 aromatic carbocycles. The molecule has 25 heavy (non-hydrogen) atoms. The van der Waals surface area contributed by atoms with Gasteiger partial charge in [-0.2, -0.15) is 0 Å². The smallest absolute Gasteiger partial charge is 0.243 e. The molecular formula is C17H27N5O2S. The molecule has 7 nitrogen and oxygen atoms in total. The van der Waals surface area contributed by atoms with Gasteiger partial charge in [0.25, 0.3) is 0 Å². The van der Waals surface area contributed by atoms with Gasteiger partial charge >= 0.3 is 0 Å². The third kappa shape index (κ3) is 5.19. The summed E-state index contributed by atoms with van der Waals surface area (Å²) < 4.78 is 0. The van der Waals surface area contributed by atoms with Crippen molar-refractivity contribution in [2.24, 2.45) is 4.99 Å². The average Bonchev–Trinajstić information content (AvgIpc) is 3.12. The number of amides is 2. The molecule has 1 unspecified atom stereocenters. The van der Waals surface area contributed by atoms with Crippen LogP contribution in [0.3, 0.4) is 0 Å². The van der Waals surface area contributed by atoms with Crippen molar-refractivity contribution >= 4 is 29.1 Å². The molecule has 1 aliphatic heterocycles. The Hall–Kier alpha value is -2.09. The minimum Gasteiger partial charge on any atom is -0.349 e. The number of carbonyl (C=O) groups excluding carboxylic acids is 2. The van der Waals surface area contributed by atoms with E-state index >= 15 is 0 Å². The quantitative estimate of drug-likeness (QED) is 0.625. The molecule has 0 radical (unpaired) electrons. The highest BCUT2D eigenvalue weighted by molar-refractivity contribution is 7.10. The second-order valence-electron chi connectivity index (χ2n) is 6.20. The number of guanidine groups is 1. The molecule has 0 aliphatic carbocycles. The molecule has 0 bridgehead atoms. The van der Waals surface area contributed by atoms with E-state index in [1.165, 1.54) is 9.78 Å². The zero-order valence-corrected chi connectivity index (χ0v) is 16.2. The Labute approximate surface area is 153 Å². The number of thiophene rings is 1. The molecule has 0 saturated carbocycles. The standard InChI is InChI=1S/C17H27N5O2S/c1-5-21-8-9-22(12-16(21)24)17(18-11-15(23)20(3)4)19-13(2)14-7-6-10-25-14/h6-7,10,13H,5,8-9,11-12H2,1-4H3,(H,18,19). The summed E-state index contributed by atoms with van der Waals surface area (Å²) in [6.45, 7) is 6.48. The number of nitrogens with one attached hydrogen (secondary N) is 1. The van der Waals surface area contributed by atoms with Crippen molar-refractivity contribution in [3.63, 3.8) is 0 Å². The zero-order valence-electron chi connectivity index (χ0n) is 15.4. The van der Waals surface area contributed by atoms with Crippen LogP contribution in [-0.4, -0.2) is 79.3 Å². The Bertz CT molecular complexity index is 615. The Kier molecular flexibility index (Phi) is 6.81. The van der Waals surface area contributed by atoms with Gasteiger partial charge in [-0.1, -0.05) is 6.07 Å². The number of carbonyl (C=O) groups is 2. The summed E-state index contributed by atoms with van der Waals surface area (Å²) >= 11 is 1.67. The molecule has 2 rings (SSSR count). The summed E-state index contributed by atoms with van der Waals surface area (Å²) in [7, 11) is 3.42. The summed E-state index contributed by atoms with van der Waals surface area (Å²) in [6.07, 6.45) is 0. The minimum absolute atomic E-state index is 0.0625. The summed E-state index contributed by atoms with van der Waals surface area (Å²) in [5, 5.41) is 5.41. The molecule has 1 fully saturated rings. The van der Waals surface area contributed by atoms with Crippen LogP contribution in [0.1, 0.15) is 24.8 Å². The van der Waals surface area contributed by atoms with Crippen molar-refractivity contribution in [1.29, 1.82) is 0 Å². The van der Waals surface area contributed by atoms with Gasteiger partial charge in [0.1, 0.15) is 6.54 Å². The van der Waals surface area contributed by atoms with Crippen molar-refractivity contribution in [3.05, 3.63) is 22.4 Å². The lowest BCUT2D eigenvalue weighted by Gasteiger charge is -2.36. The van der Waals surface area contributed by atoms with Gasteiger partial charge in [0.05, 0.1) is 12.6 Å². The molecule has 0 spiro atoms. The summed E-state index contributed by atoms with van der Waals surface area (Å²) in [6, 6.07) is 4.13. The fourth-order valence-electron chi connectivity index (χ4n) is 2.55. The zero-order chi connectivity index (χ0) is 18.4. The van der Waals surface area contributed by atoms with Crippen LogP contribution in [0.4, 0.5) is 0 Å². The summed E-state index contributed by atoms with van der Waals surface area (Å²) in [5.74, 6) is 0.632. The number of nitrogens with zero attached hydrogens (tertiary/aromatic N) is 4. The van der Waals surface area contributed by atoms with Crippen LogP contribution in [0.2, 0.25) is 0 Å². The third-order valence-corrected chi connectivity index (χ3v) is 5.23. The Morgan fingerprint density at radius 2 is 2.20 bits per heavy atom. The lowest BCUT2D eigenvalue weighted by molar-refractivity contribution is -0.134. The SMILES string of the molecule is CCN1CCN(C(=NCC(=O)N(C)C)NC(C)c2cccs2)CC1=O. The number of hydrogen-bond donors (Lipinski definition) is 1. The molecule has 2 amide bonds. The molecule has 1 saturated heterocycles. The van der Waals surface area contributed by atoms with Crippen molar-refractivity contribution in [3.8, 4) is 0 Å². The fourth-order valence-corrected chi connectivity index (χ4v) is 3.28. The van der Waals surface area contributed by atoms with E-state index in [1.54, 1.807) is 25.4 Å². The maximum Gasteiger partial charge on any atom is 0.243 e. The Morgan fingerprint density at radius 1 is 1.44 bits per heavy atom. The first kappa shape index (κ1) is 19.2. The van der Waals surface area contributed by atoms with Gasteiger partial charge in [0.2, 0.25) is 11.8 Å². The highest BCUT2D eigenvalue weighted by atomic mass is 32.1. The van der Waals surface area contributed by atoms with Crippen molar-refractivity contribution < 1.29 is 9.59 Å². The highest BCUT2D eigenvalue weighted by Gasteiger charge is 2.26. The first-order valence-corrected chi connectivity index (χ1v) is 9.37. The lowest BCUT2D eigenvalue weighted by Crippen LogP contribution is -2.55. The predicted octanol–water partition coefficient (Wildman–Crippen LogP) is 1.01. The van der Waals surface area contributed by atoms with E-state index in [1.807, 2.05) is 28.2 Å². The molecule has 1 atom stereocenters. The van der Waals surface area contributed by atoms with Crippen molar-refractivity contribution in [1.82, 2.24) is 20.0 Å². The van der Waals surface area contributed by atoms with E-state index in [4.69, 9.17) is 0 Å². The first-order chi connectivity index (χ1) is 11.9. The molecule has 1 aromatic heterocycles. The van der Waals surface area contributed by atoms with Crippen LogP contribution in [0, 0.1) is 0 Å². The normalized spacial score (nSPS) is 16.8. The fraction of sp³-hybridized carbons (Fsp3) is 0.588. The molecule has 1 N–H and O–H groups in total. The Balaban J connectivity index is 2.12. The van der Waals surface area contributed by atoms with Crippen LogP contribution in [-0.2, 0) is 9.59 Å². The largest absolute Gasteiger partial charge is 0.349 e. The molecular weight excluding hydrogens is 338 g/mol. The first-order valence-electron chi connectivity index (χ1n) is 8.49. The van der Waals surface area contributed by atoms with Crippen molar-refractivity contribution in [2.75, 3.05) is 46.8 Å². The number of rotatable bonds is 5. The summed E-state index contributed by atoms with van der Waals surface area (Å²) in [4.78, 5) is 35.1. The van der Waals surface area contributed by atoms with E-state index in [-0.39, 0.29) is 30.9 Å². The van der Waals surface area contributed by atoms with E-state index in [2.05, 4.69) is 23.3 Å². The average molecular weight is 366 g/mol. The number of aliphatic imine (C=N–C) groups is 1. The topological polar surface area (TPSA) is 68.2 Å². The van der Waals surface area contributed by atoms with Crippen LogP contribution < -0.4 is 5.32 Å². The minimum atomic E-state index is -0.0680. The van der Waals surface area contributed by atoms with Crippen molar-refractivity contribution in [2.45, 2.75) is 19.9 Å². The lowest BCUT2D eigenvalue weighted by atomic mass is 10.2. The predicted molar refractivity (Wildman–Crippen MR) is 101 cm³/mol. The maximum atomic E-state index is 12.2. The van der Waals surface area contributed by atoms with Crippen LogP contribution in [0.25, 0.3) is 0 Å². The molecule has 138 valence electrons. The number of likely N-dealkylation sites (N-methyl/N-ethyl adjacent to an activating group) is 2. The van der Waals surface area contributed by atoms with Gasteiger partial charge in [-0.3, -0.25) is 9.59 Å². The second kappa shape index (κ2) is 8.84. The summed E-state index contributed by atoms with van der Waals surface area (Å²) in [5.41, 5.74) is 0. The number of hydrogen-bond acceptors (Lipinski definition) is 4. The van der Waals surface area contributed by atoms with Crippen LogP contribution in [0.15, 0.2) is 22.5 Å². The van der Waals surface area contributed by atoms with Gasteiger partial charge in [-0.05, 0) is 25.3 Å². The van der Waals surface area contributed by atoms with Gasteiger partial charge in [-0.25, -0.2) is 4.99 Å².